The van der Waals surface area contributed by atoms with Gasteiger partial charge in [0.2, 0.25) is 23.6 Å². The van der Waals surface area contributed by atoms with Gasteiger partial charge in [0.1, 0.15) is 23.7 Å². The summed E-state index contributed by atoms with van der Waals surface area (Å²) in [6.07, 6.45) is 7.19. The Morgan fingerprint density at radius 1 is 0.862 bits per heavy atom. The van der Waals surface area contributed by atoms with Gasteiger partial charge in [0, 0.05) is 73.8 Å². The summed E-state index contributed by atoms with van der Waals surface area (Å²) >= 11 is 0. The SMILES string of the molecule is C[C@@H](C(=O)Nc1cccc(OC2CCN(C(=O)CCOCCOCCNc3cccc4c3C(=O)N(C3CCC(=O)NC3=O)C4=O)CC2)c1)[C@H]1CC[C@@H](c2ccnc3ccc(F)cc32)CC1. The molecule has 8 rings (SSSR count). The molecule has 3 N–H and O–H groups in total. The Balaban J connectivity index is 0.686. The van der Waals surface area contributed by atoms with Crippen LogP contribution in [0.15, 0.2) is 72.9 Å². The van der Waals surface area contributed by atoms with E-state index in [1.165, 1.54) is 6.07 Å². The molecule has 342 valence electrons. The number of carbonyl (C=O) groups excluding carboxylic acids is 6. The molecule has 2 saturated heterocycles. The van der Waals surface area contributed by atoms with E-state index in [0.717, 1.165) is 47.0 Å². The lowest BCUT2D eigenvalue weighted by molar-refractivity contribution is -0.136. The fraction of sp³-hybridized carbons (Fsp3) is 0.449. The van der Waals surface area contributed by atoms with Crippen molar-refractivity contribution in [3.63, 3.8) is 0 Å². The van der Waals surface area contributed by atoms with Crippen molar-refractivity contribution in [3.8, 4) is 5.75 Å². The molecule has 65 heavy (non-hydrogen) atoms. The summed E-state index contributed by atoms with van der Waals surface area (Å²) in [5.74, 6) is -1.44. The van der Waals surface area contributed by atoms with Gasteiger partial charge in [-0.25, -0.2) is 4.39 Å². The molecule has 16 heteroatoms. The van der Waals surface area contributed by atoms with Crippen molar-refractivity contribution in [3.05, 3.63) is 95.4 Å². The Kier molecular flexibility index (Phi) is 14.4. The Morgan fingerprint density at radius 2 is 1.63 bits per heavy atom. The van der Waals surface area contributed by atoms with Gasteiger partial charge in [-0.2, -0.15) is 0 Å². The number of imide groups is 2. The quantitative estimate of drug-likeness (QED) is 0.0807. The largest absolute Gasteiger partial charge is 0.490 e. The molecule has 3 aliphatic heterocycles. The molecule has 6 amide bonds. The van der Waals surface area contributed by atoms with Crippen LogP contribution in [0, 0.1) is 17.7 Å². The van der Waals surface area contributed by atoms with Crippen molar-refractivity contribution >= 4 is 57.7 Å². The highest BCUT2D eigenvalue weighted by atomic mass is 19.1. The Bertz CT molecular complexity index is 2430. The summed E-state index contributed by atoms with van der Waals surface area (Å²) in [4.78, 5) is 83.8. The van der Waals surface area contributed by atoms with Crippen LogP contribution in [-0.4, -0.2) is 108 Å². The van der Waals surface area contributed by atoms with Crippen molar-refractivity contribution in [1.82, 2.24) is 20.1 Å². The molecule has 4 aromatic rings. The number of nitrogens with zero attached hydrogens (tertiary/aromatic N) is 3. The van der Waals surface area contributed by atoms with Crippen molar-refractivity contribution in [2.75, 3.05) is 56.7 Å². The number of halogens is 1. The van der Waals surface area contributed by atoms with Gasteiger partial charge in [-0.1, -0.05) is 19.1 Å². The number of piperidine rings is 2. The van der Waals surface area contributed by atoms with Gasteiger partial charge in [-0.3, -0.25) is 44.0 Å². The number of rotatable bonds is 17. The average molecular weight is 891 g/mol. The molecule has 1 aromatic heterocycles. The maximum Gasteiger partial charge on any atom is 0.264 e. The van der Waals surface area contributed by atoms with Crippen molar-refractivity contribution in [1.29, 1.82) is 0 Å². The number of hydrogen-bond donors (Lipinski definition) is 3. The predicted molar refractivity (Wildman–Crippen MR) is 239 cm³/mol. The Labute approximate surface area is 376 Å². The van der Waals surface area contributed by atoms with Crippen LogP contribution < -0.4 is 20.7 Å². The molecule has 15 nitrogen and oxygen atoms in total. The van der Waals surface area contributed by atoms with Gasteiger partial charge >= 0.3 is 0 Å². The van der Waals surface area contributed by atoms with Gasteiger partial charge in [-0.15, -0.1) is 0 Å². The van der Waals surface area contributed by atoms with Crippen LogP contribution in [0.5, 0.6) is 5.75 Å². The normalized spacial score (nSPS) is 20.7. The van der Waals surface area contributed by atoms with Gasteiger partial charge in [0.25, 0.3) is 11.8 Å². The summed E-state index contributed by atoms with van der Waals surface area (Å²) in [6.45, 7) is 4.63. The number of likely N-dealkylation sites (tertiary alicyclic amines) is 1. The molecule has 4 heterocycles. The number of fused-ring (bicyclic) bond motifs is 2. The zero-order valence-electron chi connectivity index (χ0n) is 36.5. The van der Waals surface area contributed by atoms with Crippen molar-refractivity contribution in [2.45, 2.75) is 82.8 Å². The Hall–Kier alpha value is -6.26. The summed E-state index contributed by atoms with van der Waals surface area (Å²) in [7, 11) is 0. The molecule has 1 aliphatic carbocycles. The van der Waals surface area contributed by atoms with E-state index in [1.54, 1.807) is 36.5 Å². The first kappa shape index (κ1) is 45.3. The van der Waals surface area contributed by atoms with Crippen molar-refractivity contribution in [2.24, 2.45) is 11.8 Å². The molecule has 0 radical (unpaired) electrons. The second-order valence-corrected chi connectivity index (χ2v) is 17.3. The third-order valence-electron chi connectivity index (χ3n) is 13.1. The van der Waals surface area contributed by atoms with E-state index in [1.807, 2.05) is 42.2 Å². The third kappa shape index (κ3) is 10.7. The topological polar surface area (TPSA) is 186 Å². The number of aromatic nitrogens is 1. The van der Waals surface area contributed by atoms with Gasteiger partial charge in [0.15, 0.2) is 0 Å². The zero-order valence-corrected chi connectivity index (χ0v) is 36.5. The second kappa shape index (κ2) is 20.7. The van der Waals surface area contributed by atoms with Crippen LogP contribution in [-0.2, 0) is 28.7 Å². The number of ether oxygens (including phenoxy) is 3. The highest BCUT2D eigenvalue weighted by Crippen LogP contribution is 2.41. The van der Waals surface area contributed by atoms with E-state index in [0.29, 0.717) is 75.3 Å². The number of pyridine rings is 1. The fourth-order valence-corrected chi connectivity index (χ4v) is 9.52. The molecule has 2 atom stereocenters. The first-order chi connectivity index (χ1) is 31.5. The van der Waals surface area contributed by atoms with Crippen LogP contribution in [0.2, 0.25) is 0 Å². The first-order valence-corrected chi connectivity index (χ1v) is 22.7. The van der Waals surface area contributed by atoms with E-state index >= 15 is 0 Å². The summed E-state index contributed by atoms with van der Waals surface area (Å²) in [5.41, 5.74) is 3.45. The number of hydrogen-bond acceptors (Lipinski definition) is 11. The molecule has 0 bridgehead atoms. The van der Waals surface area contributed by atoms with E-state index in [2.05, 4.69) is 20.9 Å². The molecule has 0 spiro atoms. The minimum Gasteiger partial charge on any atom is -0.490 e. The zero-order chi connectivity index (χ0) is 45.5. The lowest BCUT2D eigenvalue weighted by Gasteiger charge is -2.32. The number of carbonyl (C=O) groups is 6. The van der Waals surface area contributed by atoms with E-state index in [4.69, 9.17) is 14.2 Å². The van der Waals surface area contributed by atoms with E-state index < -0.39 is 29.7 Å². The third-order valence-corrected chi connectivity index (χ3v) is 13.1. The monoisotopic (exact) mass is 890 g/mol. The Morgan fingerprint density at radius 3 is 2.42 bits per heavy atom. The maximum absolute atomic E-state index is 14.1. The molecule has 3 fully saturated rings. The summed E-state index contributed by atoms with van der Waals surface area (Å²) in [6, 6.07) is 18.1. The second-order valence-electron chi connectivity index (χ2n) is 17.3. The predicted octanol–water partition coefficient (Wildman–Crippen LogP) is 6.23. The maximum atomic E-state index is 14.1. The molecular weight excluding hydrogens is 836 g/mol. The molecule has 3 aromatic carbocycles. The van der Waals surface area contributed by atoms with Crippen molar-refractivity contribution < 1.29 is 47.4 Å². The van der Waals surface area contributed by atoms with Crippen LogP contribution in [0.25, 0.3) is 10.9 Å². The van der Waals surface area contributed by atoms with Gasteiger partial charge < -0.3 is 29.7 Å². The standard InChI is InChI=1S/C49H55FN6O9/c1-30(31-8-10-32(11-9-31)37-16-20-51-40-13-12-33(50)28-39(37)40)46(59)53-34-4-2-5-36(29-34)65-35-17-22-55(23-18-35)44(58)19-24-63-26-27-64-25-21-52-41-7-3-6-38-45(41)49(62)56(48(38)61)42-14-15-43(57)54-47(42)60/h2-7,12-13,16,20,28-32,35,42,52H,8-11,14-15,17-19,21-27H2,1H3,(H,53,59)(H,54,57,60)/t30-,31-,32+,42?/m1/s1. The molecule has 1 unspecified atom stereocenters. The van der Waals surface area contributed by atoms with Crippen LogP contribution >= 0.6 is 0 Å². The molecule has 4 aliphatic rings. The number of benzene rings is 3. The average Bonchev–Trinajstić information content (AvgIpc) is 3.56. The van der Waals surface area contributed by atoms with Gasteiger partial charge in [0.05, 0.1) is 49.5 Å². The molecular formula is C49H55FN6O9. The highest BCUT2D eigenvalue weighted by molar-refractivity contribution is 6.25. The van der Waals surface area contributed by atoms with E-state index in [-0.39, 0.29) is 72.6 Å². The van der Waals surface area contributed by atoms with Crippen LogP contribution in [0.1, 0.15) is 96.9 Å². The fourth-order valence-electron chi connectivity index (χ4n) is 9.52. The molecule has 1 saturated carbocycles. The minimum absolute atomic E-state index is 0.0155. The summed E-state index contributed by atoms with van der Waals surface area (Å²) < 4.78 is 31.7. The summed E-state index contributed by atoms with van der Waals surface area (Å²) in [5, 5.41) is 9.31. The van der Waals surface area contributed by atoms with Gasteiger partial charge in [-0.05, 0) is 98.0 Å². The first-order valence-electron chi connectivity index (χ1n) is 22.7. The van der Waals surface area contributed by atoms with E-state index in [9.17, 15) is 33.2 Å². The minimum atomic E-state index is -1.03. The number of anilines is 2. The highest BCUT2D eigenvalue weighted by Gasteiger charge is 2.45. The lowest BCUT2D eigenvalue weighted by Crippen LogP contribution is -2.54. The lowest BCUT2D eigenvalue weighted by atomic mass is 9.73. The van der Waals surface area contributed by atoms with Crippen LogP contribution in [0.4, 0.5) is 15.8 Å². The number of amides is 6. The van der Waals surface area contributed by atoms with Crippen LogP contribution in [0.3, 0.4) is 0 Å². The number of nitrogens with one attached hydrogen (secondary N) is 3. The smallest absolute Gasteiger partial charge is 0.264 e.